The third-order valence-corrected chi connectivity index (χ3v) is 1.71. The van der Waals surface area contributed by atoms with Crippen LogP contribution in [0, 0.1) is 5.92 Å². The van der Waals surface area contributed by atoms with E-state index in [9.17, 15) is 4.79 Å². The fraction of sp³-hybridized carbons (Fsp3) is 0.750. The van der Waals surface area contributed by atoms with Crippen LogP contribution in [0.2, 0.25) is 0 Å². The first-order chi connectivity index (χ1) is 5.43. The zero-order valence-corrected chi connectivity index (χ0v) is 8.57. The van der Waals surface area contributed by atoms with Gasteiger partial charge in [0.25, 0.3) is 0 Å². The monoisotopic (exact) mass is 188 g/mol. The number of carbonyl (C=O) groups excluding carboxylic acids is 1. The molecule has 0 aliphatic heterocycles. The molecule has 70 valence electrons. The Morgan fingerprint density at radius 3 is 2.33 bits per heavy atom. The lowest BCUT2D eigenvalue weighted by atomic mass is 10.0. The lowest BCUT2D eigenvalue weighted by molar-refractivity contribution is -0.119. The van der Waals surface area contributed by atoms with Crippen molar-refractivity contribution in [3.05, 3.63) is 0 Å². The summed E-state index contributed by atoms with van der Waals surface area (Å²) in [4.78, 5) is 11.1. The highest BCUT2D eigenvalue weighted by Gasteiger charge is 2.13. The molecule has 0 fully saturated rings. The van der Waals surface area contributed by atoms with E-state index in [1.807, 2.05) is 0 Å². The molecule has 0 spiro atoms. The molecule has 1 unspecified atom stereocenters. The maximum absolute atomic E-state index is 10.7. The molecule has 0 rings (SSSR count). The van der Waals surface area contributed by atoms with Crippen molar-refractivity contribution in [2.45, 2.75) is 33.2 Å². The van der Waals surface area contributed by atoms with Gasteiger partial charge in [-0.1, -0.05) is 26.1 Å². The smallest absolute Gasteiger partial charge is 0.217 e. The molecule has 4 heteroatoms. The Morgan fingerprint density at radius 2 is 2.08 bits per heavy atom. The SMILES string of the molecule is CC(=O)NC(CC(C)C)C(N)=S. The topological polar surface area (TPSA) is 55.1 Å². The summed E-state index contributed by atoms with van der Waals surface area (Å²) in [6, 6.07) is -0.155. The second-order valence-corrected chi connectivity index (χ2v) is 3.76. The molecule has 0 saturated heterocycles. The number of rotatable bonds is 4. The lowest BCUT2D eigenvalue weighted by Crippen LogP contribution is -2.43. The average Bonchev–Trinajstić information content (AvgIpc) is 1.83. The molecule has 1 amide bonds. The van der Waals surface area contributed by atoms with Crippen molar-refractivity contribution in [3.63, 3.8) is 0 Å². The molecule has 0 aromatic rings. The van der Waals surface area contributed by atoms with E-state index in [2.05, 4.69) is 19.2 Å². The predicted octanol–water partition coefficient (Wildman–Crippen LogP) is 0.823. The first-order valence-corrected chi connectivity index (χ1v) is 4.40. The standard InChI is InChI=1S/C8H16N2OS/c1-5(2)4-7(8(9)12)10-6(3)11/h5,7H,4H2,1-3H3,(H2,9,12)(H,10,11). The second kappa shape index (κ2) is 5.09. The van der Waals surface area contributed by atoms with Gasteiger partial charge in [0.1, 0.15) is 0 Å². The van der Waals surface area contributed by atoms with Gasteiger partial charge in [-0.15, -0.1) is 0 Å². The van der Waals surface area contributed by atoms with E-state index in [-0.39, 0.29) is 11.9 Å². The largest absolute Gasteiger partial charge is 0.392 e. The van der Waals surface area contributed by atoms with Crippen LogP contribution >= 0.6 is 12.2 Å². The molecular formula is C8H16N2OS. The van der Waals surface area contributed by atoms with Crippen molar-refractivity contribution in [1.82, 2.24) is 5.32 Å². The minimum absolute atomic E-state index is 0.0894. The van der Waals surface area contributed by atoms with Gasteiger partial charge in [0, 0.05) is 6.92 Å². The number of nitrogens with two attached hydrogens (primary N) is 1. The van der Waals surface area contributed by atoms with Crippen molar-refractivity contribution < 1.29 is 4.79 Å². The van der Waals surface area contributed by atoms with Gasteiger partial charge >= 0.3 is 0 Å². The highest BCUT2D eigenvalue weighted by atomic mass is 32.1. The number of thiocarbonyl (C=S) groups is 1. The lowest BCUT2D eigenvalue weighted by Gasteiger charge is -2.17. The Labute approximate surface area is 78.7 Å². The summed E-state index contributed by atoms with van der Waals surface area (Å²) in [6.45, 7) is 5.59. The number of carbonyl (C=O) groups is 1. The molecule has 0 radical (unpaired) electrons. The van der Waals surface area contributed by atoms with Gasteiger partial charge in [0.15, 0.2) is 0 Å². The molecule has 3 nitrogen and oxygen atoms in total. The van der Waals surface area contributed by atoms with Gasteiger partial charge in [-0.3, -0.25) is 4.79 Å². The summed E-state index contributed by atoms with van der Waals surface area (Å²) in [5, 5.41) is 2.71. The predicted molar refractivity (Wildman–Crippen MR) is 53.8 cm³/mol. The first-order valence-electron chi connectivity index (χ1n) is 4.00. The minimum Gasteiger partial charge on any atom is -0.392 e. The van der Waals surface area contributed by atoms with Crippen LogP contribution in [-0.4, -0.2) is 16.9 Å². The van der Waals surface area contributed by atoms with Crippen LogP contribution in [0.5, 0.6) is 0 Å². The zero-order valence-electron chi connectivity index (χ0n) is 7.76. The summed E-state index contributed by atoms with van der Waals surface area (Å²) >= 11 is 4.82. The molecule has 0 aromatic heterocycles. The van der Waals surface area contributed by atoms with Crippen LogP contribution in [0.1, 0.15) is 27.2 Å². The van der Waals surface area contributed by atoms with Gasteiger partial charge in [-0.05, 0) is 12.3 Å². The summed E-state index contributed by atoms with van der Waals surface area (Å²) in [5.74, 6) is 0.386. The van der Waals surface area contributed by atoms with E-state index in [4.69, 9.17) is 18.0 Å². The minimum atomic E-state index is -0.155. The quantitative estimate of drug-likeness (QED) is 0.642. The van der Waals surface area contributed by atoms with Crippen LogP contribution in [0.3, 0.4) is 0 Å². The van der Waals surface area contributed by atoms with E-state index >= 15 is 0 Å². The molecule has 3 N–H and O–H groups in total. The van der Waals surface area contributed by atoms with Crippen LogP contribution < -0.4 is 11.1 Å². The van der Waals surface area contributed by atoms with Crippen LogP contribution in [0.4, 0.5) is 0 Å². The van der Waals surface area contributed by atoms with Crippen molar-refractivity contribution in [3.8, 4) is 0 Å². The van der Waals surface area contributed by atoms with Crippen molar-refractivity contribution in [1.29, 1.82) is 0 Å². The van der Waals surface area contributed by atoms with Gasteiger partial charge < -0.3 is 11.1 Å². The number of amides is 1. The Kier molecular flexibility index (Phi) is 4.81. The van der Waals surface area contributed by atoms with Gasteiger partial charge in [-0.25, -0.2) is 0 Å². The van der Waals surface area contributed by atoms with Gasteiger partial charge in [-0.2, -0.15) is 0 Å². The van der Waals surface area contributed by atoms with Gasteiger partial charge in [0.05, 0.1) is 11.0 Å². The highest BCUT2D eigenvalue weighted by molar-refractivity contribution is 7.80. The van der Waals surface area contributed by atoms with Gasteiger partial charge in [0.2, 0.25) is 5.91 Å². The molecule has 0 aliphatic rings. The summed E-state index contributed by atoms with van der Waals surface area (Å²) in [7, 11) is 0. The van der Waals surface area contributed by atoms with Crippen LogP contribution in [0.15, 0.2) is 0 Å². The zero-order chi connectivity index (χ0) is 9.72. The average molecular weight is 188 g/mol. The third-order valence-electron chi connectivity index (χ3n) is 1.43. The molecule has 12 heavy (non-hydrogen) atoms. The van der Waals surface area contributed by atoms with Crippen LogP contribution in [-0.2, 0) is 4.79 Å². The Balaban J connectivity index is 4.04. The molecule has 1 atom stereocenters. The molecular weight excluding hydrogens is 172 g/mol. The number of hydrogen-bond donors (Lipinski definition) is 2. The summed E-state index contributed by atoms with van der Waals surface area (Å²) < 4.78 is 0. The van der Waals surface area contributed by atoms with E-state index in [1.54, 1.807) is 0 Å². The fourth-order valence-corrected chi connectivity index (χ4v) is 1.12. The Hall–Kier alpha value is -0.640. The molecule has 0 bridgehead atoms. The summed E-state index contributed by atoms with van der Waals surface area (Å²) in [5.41, 5.74) is 5.45. The Bertz CT molecular complexity index is 180. The maximum atomic E-state index is 10.7. The van der Waals surface area contributed by atoms with E-state index in [0.717, 1.165) is 6.42 Å². The normalized spacial score (nSPS) is 12.7. The van der Waals surface area contributed by atoms with E-state index in [1.165, 1.54) is 6.92 Å². The van der Waals surface area contributed by atoms with Crippen molar-refractivity contribution in [2.24, 2.45) is 11.7 Å². The first kappa shape index (κ1) is 11.4. The highest BCUT2D eigenvalue weighted by Crippen LogP contribution is 2.04. The molecule has 0 aromatic carbocycles. The number of nitrogens with one attached hydrogen (secondary N) is 1. The molecule has 0 saturated carbocycles. The number of hydrogen-bond acceptors (Lipinski definition) is 2. The van der Waals surface area contributed by atoms with Crippen molar-refractivity contribution >= 4 is 23.1 Å². The van der Waals surface area contributed by atoms with E-state index in [0.29, 0.717) is 10.9 Å². The van der Waals surface area contributed by atoms with Crippen LogP contribution in [0.25, 0.3) is 0 Å². The molecule has 0 aliphatic carbocycles. The van der Waals surface area contributed by atoms with Crippen molar-refractivity contribution in [2.75, 3.05) is 0 Å². The molecule has 0 heterocycles. The second-order valence-electron chi connectivity index (χ2n) is 3.29. The Morgan fingerprint density at radius 1 is 1.58 bits per heavy atom. The van der Waals surface area contributed by atoms with E-state index < -0.39 is 0 Å². The summed E-state index contributed by atoms with van der Waals surface area (Å²) in [6.07, 6.45) is 0.801. The third kappa shape index (κ3) is 5.07. The fourth-order valence-electron chi connectivity index (χ4n) is 0.963. The maximum Gasteiger partial charge on any atom is 0.217 e.